The molecule has 5 nitrogen and oxygen atoms in total. The second-order valence-corrected chi connectivity index (χ2v) is 6.55. The average molecular weight is 343 g/mol. The summed E-state index contributed by atoms with van der Waals surface area (Å²) in [4.78, 5) is 4.49. The van der Waals surface area contributed by atoms with Crippen LogP contribution in [0, 0.1) is 13.8 Å². The Balaban J connectivity index is 1.93. The zero-order chi connectivity index (χ0) is 18.3. The number of guanidine groups is 1. The number of aryl methyl sites for hydroxylation is 2. The maximum Gasteiger partial charge on any atom is 0.191 e. The molecule has 3 N–H and O–H groups in total. The highest BCUT2D eigenvalue weighted by atomic mass is 16.4. The smallest absolute Gasteiger partial charge is 0.191 e. The van der Waals surface area contributed by atoms with Crippen molar-refractivity contribution in [1.29, 1.82) is 0 Å². The van der Waals surface area contributed by atoms with Gasteiger partial charge in [0.05, 0.1) is 12.8 Å². The minimum absolute atomic E-state index is 0.222. The normalized spacial score (nSPS) is 14.2. The fourth-order valence-electron chi connectivity index (χ4n) is 2.68. The number of benzene rings is 1. The van der Waals surface area contributed by atoms with Gasteiger partial charge in [-0.25, -0.2) is 4.99 Å². The molecule has 1 unspecified atom stereocenters. The van der Waals surface area contributed by atoms with Crippen LogP contribution in [0.25, 0.3) is 0 Å². The third kappa shape index (κ3) is 5.64. The van der Waals surface area contributed by atoms with Gasteiger partial charge < -0.3 is 20.2 Å². The van der Waals surface area contributed by atoms with E-state index in [2.05, 4.69) is 47.7 Å². The zero-order valence-electron chi connectivity index (χ0n) is 15.6. The van der Waals surface area contributed by atoms with Crippen molar-refractivity contribution in [3.63, 3.8) is 0 Å². The van der Waals surface area contributed by atoms with Gasteiger partial charge in [0.25, 0.3) is 0 Å². The molecule has 2 rings (SSSR count). The second-order valence-electron chi connectivity index (χ2n) is 6.55. The molecule has 1 aromatic heterocycles. The lowest BCUT2D eigenvalue weighted by molar-refractivity contribution is 0.0437. The molecule has 0 fully saturated rings. The summed E-state index contributed by atoms with van der Waals surface area (Å²) in [6.07, 6.45) is 2.48. The molecule has 0 aliphatic rings. The van der Waals surface area contributed by atoms with E-state index in [0.717, 1.165) is 19.5 Å². The Kier molecular flexibility index (Phi) is 6.65. The van der Waals surface area contributed by atoms with Crippen LogP contribution in [0.4, 0.5) is 0 Å². The highest BCUT2D eigenvalue weighted by molar-refractivity contribution is 5.79. The van der Waals surface area contributed by atoms with Gasteiger partial charge in [-0.3, -0.25) is 0 Å². The lowest BCUT2D eigenvalue weighted by atomic mass is 10.0. The van der Waals surface area contributed by atoms with Gasteiger partial charge in [-0.15, -0.1) is 0 Å². The van der Waals surface area contributed by atoms with Gasteiger partial charge in [-0.1, -0.05) is 23.8 Å². The molecule has 5 heteroatoms. The Morgan fingerprint density at radius 1 is 1.24 bits per heavy atom. The lowest BCUT2D eigenvalue weighted by Gasteiger charge is -2.19. The molecule has 0 spiro atoms. The summed E-state index contributed by atoms with van der Waals surface area (Å²) >= 11 is 0. The molecule has 1 atom stereocenters. The molecule has 0 bridgehead atoms. The number of nitrogens with zero attached hydrogens (tertiary/aromatic N) is 1. The Hall–Kier alpha value is -2.27. The molecule has 1 heterocycles. The first-order valence-corrected chi connectivity index (χ1v) is 8.77. The van der Waals surface area contributed by atoms with Crippen molar-refractivity contribution >= 4 is 5.96 Å². The topological polar surface area (TPSA) is 69.8 Å². The van der Waals surface area contributed by atoms with E-state index in [9.17, 15) is 5.11 Å². The summed E-state index contributed by atoms with van der Waals surface area (Å²) in [5.74, 6) is 1.21. The monoisotopic (exact) mass is 343 g/mol. The van der Waals surface area contributed by atoms with Gasteiger partial charge >= 0.3 is 0 Å². The number of furan rings is 1. The summed E-state index contributed by atoms with van der Waals surface area (Å²) in [7, 11) is 0. The predicted octanol–water partition coefficient (Wildman–Crippen LogP) is 2.90. The van der Waals surface area contributed by atoms with Crippen LogP contribution in [-0.4, -0.2) is 30.7 Å². The highest BCUT2D eigenvalue weighted by Crippen LogP contribution is 2.21. The van der Waals surface area contributed by atoms with E-state index in [1.54, 1.807) is 25.3 Å². The molecule has 0 radical (unpaired) electrons. The molecule has 0 saturated heterocycles. The zero-order valence-corrected chi connectivity index (χ0v) is 15.6. The second kappa shape index (κ2) is 8.72. The van der Waals surface area contributed by atoms with Crippen molar-refractivity contribution in [2.75, 3.05) is 19.6 Å². The fraction of sp³-hybridized carbons (Fsp3) is 0.450. The van der Waals surface area contributed by atoms with E-state index in [-0.39, 0.29) is 6.54 Å². The summed E-state index contributed by atoms with van der Waals surface area (Å²) in [5, 5.41) is 17.0. The Labute approximate surface area is 150 Å². The summed E-state index contributed by atoms with van der Waals surface area (Å²) in [6, 6.07) is 10.0. The van der Waals surface area contributed by atoms with Crippen LogP contribution in [0.5, 0.6) is 0 Å². The summed E-state index contributed by atoms with van der Waals surface area (Å²) in [5.41, 5.74) is 2.80. The van der Waals surface area contributed by atoms with Crippen LogP contribution >= 0.6 is 0 Å². The average Bonchev–Trinajstić information content (AvgIpc) is 3.10. The third-order valence-corrected chi connectivity index (χ3v) is 4.13. The lowest BCUT2D eigenvalue weighted by Crippen LogP contribution is -2.39. The van der Waals surface area contributed by atoms with Gasteiger partial charge in [-0.05, 0) is 57.4 Å². The van der Waals surface area contributed by atoms with Crippen LogP contribution in [0.2, 0.25) is 0 Å². The maximum atomic E-state index is 10.5. The van der Waals surface area contributed by atoms with E-state index < -0.39 is 5.60 Å². The first-order valence-electron chi connectivity index (χ1n) is 8.77. The number of aliphatic imine (C=N–C) groups is 1. The van der Waals surface area contributed by atoms with E-state index in [1.807, 2.05) is 6.92 Å². The van der Waals surface area contributed by atoms with Crippen LogP contribution in [0.15, 0.2) is 46.0 Å². The van der Waals surface area contributed by atoms with Crippen LogP contribution in [0.1, 0.15) is 36.3 Å². The van der Waals surface area contributed by atoms with Crippen molar-refractivity contribution in [3.05, 3.63) is 59.0 Å². The Morgan fingerprint density at radius 2 is 2.04 bits per heavy atom. The van der Waals surface area contributed by atoms with Crippen LogP contribution in [0.3, 0.4) is 0 Å². The first-order chi connectivity index (χ1) is 11.9. The standard InChI is InChI=1S/C20H29N3O2/c1-5-21-19(23-14-20(4,24)18-7-6-12-25-18)22-11-10-17-9-8-15(2)13-16(17)3/h6-9,12-13,24H,5,10-11,14H2,1-4H3,(H2,21,22,23). The van der Waals surface area contributed by atoms with Gasteiger partial charge in [0, 0.05) is 13.1 Å². The van der Waals surface area contributed by atoms with E-state index in [0.29, 0.717) is 11.7 Å². The minimum atomic E-state index is -1.13. The summed E-state index contributed by atoms with van der Waals surface area (Å²) < 4.78 is 5.29. The van der Waals surface area contributed by atoms with Crippen molar-refractivity contribution in [3.8, 4) is 0 Å². The molecular weight excluding hydrogens is 314 g/mol. The molecule has 0 saturated carbocycles. The molecule has 1 aromatic carbocycles. The van der Waals surface area contributed by atoms with Crippen molar-refractivity contribution in [2.45, 2.75) is 39.7 Å². The largest absolute Gasteiger partial charge is 0.466 e. The SMILES string of the molecule is CCNC(=NCC(C)(O)c1ccco1)NCCc1ccc(C)cc1C. The van der Waals surface area contributed by atoms with E-state index in [4.69, 9.17) is 4.42 Å². The maximum absolute atomic E-state index is 10.5. The summed E-state index contributed by atoms with van der Waals surface area (Å²) in [6.45, 7) is 9.73. The van der Waals surface area contributed by atoms with Gasteiger partial charge in [0.2, 0.25) is 0 Å². The van der Waals surface area contributed by atoms with Crippen LogP contribution in [-0.2, 0) is 12.0 Å². The fourth-order valence-corrected chi connectivity index (χ4v) is 2.68. The van der Waals surface area contributed by atoms with Crippen LogP contribution < -0.4 is 10.6 Å². The number of hydrogen-bond donors (Lipinski definition) is 3. The Bertz CT molecular complexity index is 691. The quantitative estimate of drug-likeness (QED) is 0.534. The van der Waals surface area contributed by atoms with Gasteiger partial charge in [-0.2, -0.15) is 0 Å². The minimum Gasteiger partial charge on any atom is -0.466 e. The Morgan fingerprint density at radius 3 is 2.68 bits per heavy atom. The molecule has 0 aliphatic heterocycles. The highest BCUT2D eigenvalue weighted by Gasteiger charge is 2.26. The van der Waals surface area contributed by atoms with E-state index in [1.165, 1.54) is 16.7 Å². The van der Waals surface area contributed by atoms with Gasteiger partial charge in [0.1, 0.15) is 11.4 Å². The number of aliphatic hydroxyl groups is 1. The molecule has 0 amide bonds. The number of hydrogen-bond acceptors (Lipinski definition) is 3. The predicted molar refractivity (Wildman–Crippen MR) is 102 cm³/mol. The molecule has 25 heavy (non-hydrogen) atoms. The molecule has 2 aromatic rings. The van der Waals surface area contributed by atoms with E-state index >= 15 is 0 Å². The van der Waals surface area contributed by atoms with Crippen molar-refractivity contribution < 1.29 is 9.52 Å². The first kappa shape index (κ1) is 19.1. The number of rotatable bonds is 7. The van der Waals surface area contributed by atoms with Gasteiger partial charge in [0.15, 0.2) is 5.96 Å². The number of nitrogens with one attached hydrogen (secondary N) is 2. The van der Waals surface area contributed by atoms with Crippen molar-refractivity contribution in [1.82, 2.24) is 10.6 Å². The third-order valence-electron chi connectivity index (χ3n) is 4.13. The molecular formula is C20H29N3O2. The van der Waals surface area contributed by atoms with Crippen molar-refractivity contribution in [2.24, 2.45) is 4.99 Å². The molecule has 0 aliphatic carbocycles. The molecule has 136 valence electrons.